The first-order valence-electron chi connectivity index (χ1n) is 12.8. The summed E-state index contributed by atoms with van der Waals surface area (Å²) in [6.45, 7) is 7.10. The van der Waals surface area contributed by atoms with Gasteiger partial charge < -0.3 is 4.90 Å². The minimum Gasteiger partial charge on any atom is -0.378 e. The third-order valence-electron chi connectivity index (χ3n) is 7.13. The highest BCUT2D eigenvalue weighted by Crippen LogP contribution is 2.64. The second-order valence-electron chi connectivity index (χ2n) is 9.75. The molecule has 3 fully saturated rings. The molecular weight excluding hydrogens is 441 g/mol. The van der Waals surface area contributed by atoms with E-state index in [0.29, 0.717) is 0 Å². The van der Waals surface area contributed by atoms with E-state index < -0.39 is 7.51 Å². The molecule has 7 nitrogen and oxygen atoms in total. The lowest BCUT2D eigenvalue weighted by Crippen LogP contribution is -2.38. The highest BCUT2D eigenvalue weighted by Gasteiger charge is 2.43. The molecule has 0 aromatic heterocycles. The summed E-state index contributed by atoms with van der Waals surface area (Å²) in [5, 5.41) is 8.90. The lowest BCUT2D eigenvalue weighted by Gasteiger charge is -2.45. The van der Waals surface area contributed by atoms with Gasteiger partial charge in [0.1, 0.15) is 0 Å². The summed E-state index contributed by atoms with van der Waals surface area (Å²) in [6, 6.07) is 16.5. The first kappa shape index (κ1) is 23.7. The van der Waals surface area contributed by atoms with Crippen molar-refractivity contribution in [1.82, 2.24) is 14.0 Å². The zero-order valence-corrected chi connectivity index (χ0v) is 21.6. The molecule has 2 aromatic carbocycles. The average molecular weight is 480 g/mol. The fourth-order valence-corrected chi connectivity index (χ4v) is 9.66. The SMILES string of the molecule is CN(C)c1ccc(N=Nc2ccc(N=P(N3CCCC3)(N3CCCC3)N3CCCC3)cc2)cc1. The van der Waals surface area contributed by atoms with E-state index >= 15 is 0 Å². The summed E-state index contributed by atoms with van der Waals surface area (Å²) in [6.07, 6.45) is 7.80. The van der Waals surface area contributed by atoms with E-state index in [0.717, 1.165) is 22.7 Å². The van der Waals surface area contributed by atoms with E-state index in [4.69, 9.17) is 4.74 Å². The number of anilines is 1. The summed E-state index contributed by atoms with van der Waals surface area (Å²) >= 11 is 0. The van der Waals surface area contributed by atoms with Crippen molar-refractivity contribution in [3.8, 4) is 0 Å². The van der Waals surface area contributed by atoms with Crippen molar-refractivity contribution in [3.05, 3.63) is 48.5 Å². The van der Waals surface area contributed by atoms with Gasteiger partial charge in [-0.1, -0.05) is 0 Å². The molecule has 3 aliphatic heterocycles. The molecule has 34 heavy (non-hydrogen) atoms. The first-order valence-corrected chi connectivity index (χ1v) is 14.4. The average Bonchev–Trinajstić information content (AvgIpc) is 3.66. The van der Waals surface area contributed by atoms with Gasteiger partial charge >= 0.3 is 0 Å². The standard InChI is InChI=1S/C26H38N7P/c1-30(2)26-15-13-24(14-16-26)28-27-23-9-11-25(12-10-23)29-34(31-17-3-4-18-31,32-19-5-6-20-32)33-21-7-8-22-33/h9-16H,3-8,17-22H2,1-2H3. The Bertz CT molecular complexity index is 967. The van der Waals surface area contributed by atoms with E-state index in [-0.39, 0.29) is 0 Å². The lowest BCUT2D eigenvalue weighted by atomic mass is 10.3. The van der Waals surface area contributed by atoms with Gasteiger partial charge in [-0.2, -0.15) is 10.2 Å². The summed E-state index contributed by atoms with van der Waals surface area (Å²) in [4.78, 5) is 2.08. The van der Waals surface area contributed by atoms with E-state index in [2.05, 4.69) is 65.5 Å². The zero-order valence-electron chi connectivity index (χ0n) is 20.7. The minimum atomic E-state index is -1.89. The molecule has 0 spiro atoms. The van der Waals surface area contributed by atoms with Crippen molar-refractivity contribution in [3.63, 3.8) is 0 Å². The zero-order chi connectivity index (χ0) is 23.4. The van der Waals surface area contributed by atoms with Gasteiger partial charge in [0.25, 0.3) is 0 Å². The number of nitrogens with zero attached hydrogens (tertiary/aromatic N) is 7. The highest BCUT2D eigenvalue weighted by molar-refractivity contribution is 7.59. The van der Waals surface area contributed by atoms with Crippen molar-refractivity contribution >= 4 is 30.3 Å². The molecule has 3 saturated heterocycles. The summed E-state index contributed by atoms with van der Waals surface area (Å²) in [5.74, 6) is 0. The number of hydrogen-bond acceptors (Lipinski definition) is 4. The quantitative estimate of drug-likeness (QED) is 0.316. The molecule has 0 bridgehead atoms. The summed E-state index contributed by atoms with van der Waals surface area (Å²) < 4.78 is 13.9. The van der Waals surface area contributed by atoms with E-state index in [1.165, 1.54) is 77.8 Å². The molecule has 0 unspecified atom stereocenters. The Hall–Kier alpha value is -2.05. The fraction of sp³-hybridized carbons (Fsp3) is 0.538. The Morgan fingerprint density at radius 3 is 1.29 bits per heavy atom. The molecule has 182 valence electrons. The topological polar surface area (TPSA) is 50.0 Å². The Labute approximate surface area is 204 Å². The molecule has 3 heterocycles. The van der Waals surface area contributed by atoms with Crippen molar-refractivity contribution < 1.29 is 0 Å². The summed E-state index contributed by atoms with van der Waals surface area (Å²) in [7, 11) is 2.19. The van der Waals surface area contributed by atoms with Gasteiger partial charge in [-0.15, -0.1) is 0 Å². The van der Waals surface area contributed by atoms with Crippen LogP contribution in [0.2, 0.25) is 0 Å². The van der Waals surface area contributed by atoms with Crippen LogP contribution < -0.4 is 4.90 Å². The van der Waals surface area contributed by atoms with Gasteiger partial charge in [0.05, 0.1) is 17.1 Å². The number of hydrogen-bond donors (Lipinski definition) is 0. The van der Waals surface area contributed by atoms with Crippen LogP contribution in [0.5, 0.6) is 0 Å². The van der Waals surface area contributed by atoms with Gasteiger partial charge in [0.15, 0.2) is 7.51 Å². The van der Waals surface area contributed by atoms with E-state index in [1.807, 2.05) is 26.2 Å². The van der Waals surface area contributed by atoms with Crippen LogP contribution in [-0.2, 0) is 0 Å². The van der Waals surface area contributed by atoms with E-state index in [9.17, 15) is 0 Å². The predicted octanol–water partition coefficient (Wildman–Crippen LogP) is 7.03. The van der Waals surface area contributed by atoms with Gasteiger partial charge in [-0.3, -0.25) is 0 Å². The van der Waals surface area contributed by atoms with Gasteiger partial charge in [0, 0.05) is 59.1 Å². The Morgan fingerprint density at radius 1 is 0.559 bits per heavy atom. The molecule has 2 aromatic rings. The number of benzene rings is 2. The monoisotopic (exact) mass is 479 g/mol. The molecule has 8 heteroatoms. The van der Waals surface area contributed by atoms with Gasteiger partial charge in [0.2, 0.25) is 0 Å². The van der Waals surface area contributed by atoms with Gasteiger partial charge in [-0.25, -0.2) is 18.8 Å². The predicted molar refractivity (Wildman–Crippen MR) is 143 cm³/mol. The molecule has 0 aliphatic carbocycles. The molecule has 0 atom stereocenters. The van der Waals surface area contributed by atoms with Crippen molar-refractivity contribution in [2.45, 2.75) is 38.5 Å². The van der Waals surface area contributed by atoms with Crippen LogP contribution in [0, 0.1) is 0 Å². The van der Waals surface area contributed by atoms with Crippen LogP contribution in [0.4, 0.5) is 22.7 Å². The largest absolute Gasteiger partial charge is 0.378 e. The van der Waals surface area contributed by atoms with Crippen molar-refractivity contribution in [2.24, 2.45) is 15.0 Å². The Balaban J connectivity index is 1.42. The van der Waals surface area contributed by atoms with Crippen LogP contribution in [0.25, 0.3) is 0 Å². The molecule has 0 saturated carbocycles. The van der Waals surface area contributed by atoms with Crippen LogP contribution in [0.3, 0.4) is 0 Å². The maximum Gasteiger partial charge on any atom is 0.172 e. The second kappa shape index (κ2) is 10.7. The minimum absolute atomic E-state index is 0.862. The Kier molecular flexibility index (Phi) is 7.45. The molecular formula is C26H38N7P. The van der Waals surface area contributed by atoms with Crippen molar-refractivity contribution in [2.75, 3.05) is 58.3 Å². The molecule has 0 N–H and O–H groups in total. The number of azo groups is 1. The molecule has 0 amide bonds. The van der Waals surface area contributed by atoms with Gasteiger partial charge in [-0.05, 0) is 87.1 Å². The molecule has 0 radical (unpaired) electrons. The maximum absolute atomic E-state index is 5.63. The molecule has 5 rings (SSSR count). The fourth-order valence-electron chi connectivity index (χ4n) is 5.31. The third-order valence-corrected chi connectivity index (χ3v) is 11.1. The lowest BCUT2D eigenvalue weighted by molar-refractivity contribution is 0.384. The van der Waals surface area contributed by atoms with Crippen LogP contribution in [0.15, 0.2) is 63.5 Å². The summed E-state index contributed by atoms with van der Waals surface area (Å²) in [5.41, 5.74) is 3.96. The third kappa shape index (κ3) is 4.99. The van der Waals surface area contributed by atoms with Crippen LogP contribution >= 0.6 is 7.51 Å². The first-order chi connectivity index (χ1) is 16.6. The second-order valence-corrected chi connectivity index (χ2v) is 12.7. The molecule has 3 aliphatic rings. The van der Waals surface area contributed by atoms with Crippen LogP contribution in [0.1, 0.15) is 38.5 Å². The van der Waals surface area contributed by atoms with Crippen LogP contribution in [-0.4, -0.2) is 67.4 Å². The van der Waals surface area contributed by atoms with Crippen molar-refractivity contribution in [1.29, 1.82) is 0 Å². The normalized spacial score (nSPS) is 20.5. The maximum atomic E-state index is 5.63. The number of rotatable bonds is 7. The highest BCUT2D eigenvalue weighted by atomic mass is 31.2. The smallest absolute Gasteiger partial charge is 0.172 e. The Morgan fingerprint density at radius 2 is 0.912 bits per heavy atom. The van der Waals surface area contributed by atoms with E-state index in [1.54, 1.807) is 0 Å².